The van der Waals surface area contributed by atoms with Gasteiger partial charge in [0.05, 0.1) is 23.4 Å². The number of nitrogens with one attached hydrogen (secondary N) is 1. The Morgan fingerprint density at radius 2 is 1.66 bits per heavy atom. The Labute approximate surface area is 186 Å². The maximum Gasteiger partial charge on any atom is 0.418 e. The molecule has 0 fully saturated rings. The van der Waals surface area contributed by atoms with E-state index in [-0.39, 0.29) is 22.8 Å². The number of alkyl halides is 3. The van der Waals surface area contributed by atoms with E-state index >= 15 is 0 Å². The number of hydrogen-bond acceptors (Lipinski definition) is 4. The molecule has 5 nitrogen and oxygen atoms in total. The number of hydrogen-bond donors (Lipinski definition) is 2. The average molecular weight is 464 g/mol. The molecule has 0 saturated heterocycles. The molecule has 0 aliphatic heterocycles. The zero-order valence-corrected chi connectivity index (χ0v) is 17.2. The number of aliphatic hydroxyl groups is 1. The molecule has 0 aromatic heterocycles. The molecule has 9 heteroatoms. The van der Waals surface area contributed by atoms with Gasteiger partial charge < -0.3 is 15.2 Å². The van der Waals surface area contributed by atoms with Crippen LogP contribution in [0.2, 0.25) is 5.02 Å². The maximum atomic E-state index is 13.4. The van der Waals surface area contributed by atoms with Gasteiger partial charge in [0.1, 0.15) is 0 Å². The zero-order chi connectivity index (χ0) is 23.3. The van der Waals surface area contributed by atoms with Crippen molar-refractivity contribution in [2.75, 3.05) is 5.32 Å². The van der Waals surface area contributed by atoms with E-state index in [1.165, 1.54) is 42.5 Å². The largest absolute Gasteiger partial charge is 0.444 e. The molecule has 3 rings (SSSR count). The monoisotopic (exact) mass is 463 g/mol. The SMILES string of the molecule is O=C(O[C@@H](C(=O)Nc1ccc(Cl)cc1C(F)(F)F)c1ccccc1)c1ccc(CO)cc1. The first-order chi connectivity index (χ1) is 15.2. The minimum Gasteiger partial charge on any atom is -0.444 e. The first-order valence-electron chi connectivity index (χ1n) is 9.32. The lowest BCUT2D eigenvalue weighted by Gasteiger charge is -2.20. The molecular formula is C23H17ClF3NO4. The van der Waals surface area contributed by atoms with Crippen LogP contribution in [-0.4, -0.2) is 17.0 Å². The number of anilines is 1. The van der Waals surface area contributed by atoms with E-state index in [2.05, 4.69) is 5.32 Å². The lowest BCUT2D eigenvalue weighted by Crippen LogP contribution is -2.27. The van der Waals surface area contributed by atoms with Crippen molar-refractivity contribution >= 4 is 29.2 Å². The van der Waals surface area contributed by atoms with Crippen LogP contribution in [0.5, 0.6) is 0 Å². The fourth-order valence-electron chi connectivity index (χ4n) is 2.88. The van der Waals surface area contributed by atoms with Crippen molar-refractivity contribution in [1.29, 1.82) is 0 Å². The lowest BCUT2D eigenvalue weighted by atomic mass is 10.1. The van der Waals surface area contributed by atoms with Crippen LogP contribution in [0.1, 0.15) is 33.2 Å². The summed E-state index contributed by atoms with van der Waals surface area (Å²) in [4.78, 5) is 25.5. The molecule has 1 atom stereocenters. The molecule has 166 valence electrons. The summed E-state index contributed by atoms with van der Waals surface area (Å²) in [6, 6.07) is 16.7. The first-order valence-corrected chi connectivity index (χ1v) is 9.70. The molecule has 32 heavy (non-hydrogen) atoms. The second-order valence-corrected chi connectivity index (χ2v) is 7.16. The van der Waals surface area contributed by atoms with Gasteiger partial charge in [0.2, 0.25) is 6.10 Å². The Morgan fingerprint density at radius 3 is 2.25 bits per heavy atom. The van der Waals surface area contributed by atoms with Gasteiger partial charge in [0.15, 0.2) is 0 Å². The fraction of sp³-hybridized carbons (Fsp3) is 0.130. The number of benzene rings is 3. The quantitative estimate of drug-likeness (QED) is 0.481. The van der Waals surface area contributed by atoms with Crippen LogP contribution >= 0.6 is 11.6 Å². The second-order valence-electron chi connectivity index (χ2n) is 6.73. The van der Waals surface area contributed by atoms with Gasteiger partial charge in [-0.2, -0.15) is 13.2 Å². The molecule has 2 N–H and O–H groups in total. The molecule has 3 aromatic rings. The minimum absolute atomic E-state index is 0.110. The topological polar surface area (TPSA) is 75.6 Å². The minimum atomic E-state index is -4.76. The van der Waals surface area contributed by atoms with Crippen molar-refractivity contribution in [1.82, 2.24) is 0 Å². The molecule has 0 heterocycles. The summed E-state index contributed by atoms with van der Waals surface area (Å²) in [7, 11) is 0. The molecule has 3 aromatic carbocycles. The highest BCUT2D eigenvalue weighted by Gasteiger charge is 2.35. The average Bonchev–Trinajstić information content (AvgIpc) is 2.78. The van der Waals surface area contributed by atoms with Crippen molar-refractivity contribution in [2.45, 2.75) is 18.9 Å². The van der Waals surface area contributed by atoms with Gasteiger partial charge in [-0.15, -0.1) is 0 Å². The van der Waals surface area contributed by atoms with E-state index < -0.39 is 35.4 Å². The summed E-state index contributed by atoms with van der Waals surface area (Å²) in [6.07, 6.45) is -6.28. The van der Waals surface area contributed by atoms with Crippen molar-refractivity contribution < 1.29 is 32.6 Å². The predicted molar refractivity (Wildman–Crippen MR) is 112 cm³/mol. The third kappa shape index (κ3) is 5.66. The van der Waals surface area contributed by atoms with Crippen LogP contribution in [-0.2, 0) is 22.3 Å². The number of amides is 1. The van der Waals surface area contributed by atoms with Gasteiger partial charge in [-0.05, 0) is 35.9 Å². The van der Waals surface area contributed by atoms with E-state index in [1.54, 1.807) is 18.2 Å². The molecule has 0 saturated carbocycles. The number of aliphatic hydroxyl groups excluding tert-OH is 1. The number of carbonyl (C=O) groups is 2. The Kier molecular flexibility index (Phi) is 7.17. The highest BCUT2D eigenvalue weighted by atomic mass is 35.5. The third-order valence-corrected chi connectivity index (χ3v) is 4.72. The summed E-state index contributed by atoms with van der Waals surface area (Å²) in [5, 5.41) is 11.2. The highest BCUT2D eigenvalue weighted by molar-refractivity contribution is 6.30. The van der Waals surface area contributed by atoms with Crippen LogP contribution in [0.3, 0.4) is 0 Å². The maximum absolute atomic E-state index is 13.4. The molecule has 0 unspecified atom stereocenters. The summed E-state index contributed by atoms with van der Waals surface area (Å²) in [6.45, 7) is -0.215. The normalized spacial score (nSPS) is 12.2. The van der Waals surface area contributed by atoms with Crippen LogP contribution in [0.4, 0.5) is 18.9 Å². The molecular weight excluding hydrogens is 447 g/mol. The Bertz CT molecular complexity index is 1100. The summed E-state index contributed by atoms with van der Waals surface area (Å²) in [5.41, 5.74) is -0.695. The van der Waals surface area contributed by atoms with Crippen molar-refractivity contribution in [3.8, 4) is 0 Å². The molecule has 0 bridgehead atoms. The van der Waals surface area contributed by atoms with Crippen LogP contribution in [0, 0.1) is 0 Å². The number of ether oxygens (including phenoxy) is 1. The zero-order valence-electron chi connectivity index (χ0n) is 16.4. The van der Waals surface area contributed by atoms with Gasteiger partial charge in [0, 0.05) is 10.6 Å². The van der Waals surface area contributed by atoms with Gasteiger partial charge >= 0.3 is 12.1 Å². The second kappa shape index (κ2) is 9.84. The molecule has 0 aliphatic carbocycles. The summed E-state index contributed by atoms with van der Waals surface area (Å²) >= 11 is 5.68. The molecule has 0 aliphatic rings. The standard InChI is InChI=1S/C23H17ClF3NO4/c24-17-10-11-19(18(12-17)23(25,26)27)28-21(30)20(15-4-2-1-3-5-15)32-22(31)16-8-6-14(13-29)7-9-16/h1-12,20,29H,13H2,(H,28,30)/t20-/m1/s1. The van der Waals surface area contributed by atoms with Gasteiger partial charge in [0.25, 0.3) is 5.91 Å². The highest BCUT2D eigenvalue weighted by Crippen LogP contribution is 2.37. The first kappa shape index (κ1) is 23.3. The molecule has 1 amide bonds. The van der Waals surface area contributed by atoms with E-state index in [1.807, 2.05) is 0 Å². The van der Waals surface area contributed by atoms with Crippen LogP contribution in [0.25, 0.3) is 0 Å². The summed E-state index contributed by atoms with van der Waals surface area (Å²) < 4.78 is 45.5. The number of esters is 1. The smallest absolute Gasteiger partial charge is 0.418 e. The van der Waals surface area contributed by atoms with E-state index in [9.17, 15) is 22.8 Å². The van der Waals surface area contributed by atoms with Crippen molar-refractivity contribution in [2.24, 2.45) is 0 Å². The lowest BCUT2D eigenvalue weighted by molar-refractivity contribution is -0.137. The van der Waals surface area contributed by atoms with Gasteiger partial charge in [-0.3, -0.25) is 4.79 Å². The van der Waals surface area contributed by atoms with E-state index in [0.717, 1.165) is 6.07 Å². The van der Waals surface area contributed by atoms with E-state index in [4.69, 9.17) is 21.4 Å². The molecule has 0 spiro atoms. The Balaban J connectivity index is 1.90. The van der Waals surface area contributed by atoms with E-state index in [0.29, 0.717) is 11.6 Å². The predicted octanol–water partition coefficient (Wildman–Crippen LogP) is 5.39. The number of carbonyl (C=O) groups excluding carboxylic acids is 2. The van der Waals surface area contributed by atoms with Crippen LogP contribution < -0.4 is 5.32 Å². The van der Waals surface area contributed by atoms with Crippen LogP contribution in [0.15, 0.2) is 72.8 Å². The Morgan fingerprint density at radius 1 is 1.00 bits per heavy atom. The van der Waals surface area contributed by atoms with Crippen molar-refractivity contribution in [3.63, 3.8) is 0 Å². The van der Waals surface area contributed by atoms with Crippen molar-refractivity contribution in [3.05, 3.63) is 100 Å². The van der Waals surface area contributed by atoms with Gasteiger partial charge in [-0.25, -0.2) is 4.79 Å². The fourth-order valence-corrected chi connectivity index (χ4v) is 3.05. The Hall–Kier alpha value is -3.36. The number of halogens is 4. The summed E-state index contributed by atoms with van der Waals surface area (Å²) in [5.74, 6) is -1.82. The third-order valence-electron chi connectivity index (χ3n) is 4.48. The number of rotatable bonds is 6. The van der Waals surface area contributed by atoms with Gasteiger partial charge in [-0.1, -0.05) is 54.1 Å². The molecule has 0 radical (unpaired) electrons.